The van der Waals surface area contributed by atoms with E-state index in [1.54, 1.807) is 0 Å². The van der Waals surface area contributed by atoms with Gasteiger partial charge in [0.05, 0.1) is 11.0 Å². The number of fused-ring (bicyclic) bond motifs is 9. The standard InChI is InChI=1S/C38H23NO/c1-2-11-26-23-34-32(22-25(26)10-1)37-29-14-4-3-9-24(29)19-20-33(37)39(34)28-13-7-12-27(21-28)30-16-8-18-36-38(30)31-15-5-6-17-35(31)40-36/h1-23H. The highest BCUT2D eigenvalue weighted by atomic mass is 16.3. The monoisotopic (exact) mass is 509 g/mol. The second-order valence-electron chi connectivity index (χ2n) is 10.6. The van der Waals surface area contributed by atoms with Crippen molar-refractivity contribution in [3.8, 4) is 16.8 Å². The normalized spacial score (nSPS) is 12.0. The molecular formula is C38H23NO. The molecule has 40 heavy (non-hydrogen) atoms. The van der Waals surface area contributed by atoms with Crippen molar-refractivity contribution in [2.45, 2.75) is 0 Å². The molecule has 0 aliphatic heterocycles. The highest BCUT2D eigenvalue weighted by Gasteiger charge is 2.17. The summed E-state index contributed by atoms with van der Waals surface area (Å²) in [7, 11) is 0. The molecule has 2 nitrogen and oxygen atoms in total. The van der Waals surface area contributed by atoms with Crippen LogP contribution in [-0.4, -0.2) is 4.57 Å². The van der Waals surface area contributed by atoms with Crippen LogP contribution in [0.3, 0.4) is 0 Å². The number of para-hydroxylation sites is 1. The molecule has 0 atom stereocenters. The molecule has 0 unspecified atom stereocenters. The SMILES string of the molecule is c1cc(-c2cccc3oc4ccccc4c23)cc(-n2c3cc4ccccc4cc3c3c4ccccc4ccc32)c1. The molecule has 0 saturated carbocycles. The zero-order chi connectivity index (χ0) is 26.2. The van der Waals surface area contributed by atoms with Gasteiger partial charge in [-0.15, -0.1) is 0 Å². The second kappa shape index (κ2) is 8.08. The average molecular weight is 510 g/mol. The van der Waals surface area contributed by atoms with E-state index >= 15 is 0 Å². The summed E-state index contributed by atoms with van der Waals surface area (Å²) in [5.41, 5.74) is 7.77. The molecule has 186 valence electrons. The third kappa shape index (κ3) is 2.99. The van der Waals surface area contributed by atoms with E-state index in [0.29, 0.717) is 0 Å². The maximum atomic E-state index is 6.21. The van der Waals surface area contributed by atoms with E-state index in [4.69, 9.17) is 4.42 Å². The molecule has 2 heterocycles. The Morgan fingerprint density at radius 1 is 0.425 bits per heavy atom. The van der Waals surface area contributed by atoms with E-state index in [-0.39, 0.29) is 0 Å². The smallest absolute Gasteiger partial charge is 0.136 e. The maximum Gasteiger partial charge on any atom is 0.136 e. The Bertz CT molecular complexity index is 2440. The van der Waals surface area contributed by atoms with Crippen molar-refractivity contribution in [1.82, 2.24) is 4.57 Å². The van der Waals surface area contributed by atoms with Crippen LogP contribution in [0.25, 0.3) is 82.1 Å². The van der Waals surface area contributed by atoms with E-state index < -0.39 is 0 Å². The minimum atomic E-state index is 0.916. The van der Waals surface area contributed by atoms with Crippen molar-refractivity contribution in [3.63, 3.8) is 0 Å². The van der Waals surface area contributed by atoms with Gasteiger partial charge in [0, 0.05) is 27.2 Å². The predicted octanol–water partition coefficient (Wildman–Crippen LogP) is 10.7. The van der Waals surface area contributed by atoms with Gasteiger partial charge in [0.2, 0.25) is 0 Å². The number of aromatic nitrogens is 1. The van der Waals surface area contributed by atoms with Crippen molar-refractivity contribution in [2.24, 2.45) is 0 Å². The summed E-state index contributed by atoms with van der Waals surface area (Å²) in [6.07, 6.45) is 0. The Balaban J connectivity index is 1.38. The van der Waals surface area contributed by atoms with Crippen molar-refractivity contribution in [3.05, 3.63) is 140 Å². The molecular weight excluding hydrogens is 486 g/mol. The minimum absolute atomic E-state index is 0.916. The van der Waals surface area contributed by atoms with Gasteiger partial charge in [-0.3, -0.25) is 0 Å². The number of hydrogen-bond donors (Lipinski definition) is 0. The van der Waals surface area contributed by atoms with E-state index in [1.165, 1.54) is 54.5 Å². The zero-order valence-electron chi connectivity index (χ0n) is 21.6. The number of furan rings is 1. The van der Waals surface area contributed by atoms with Crippen LogP contribution in [0.5, 0.6) is 0 Å². The van der Waals surface area contributed by atoms with Gasteiger partial charge >= 0.3 is 0 Å². The first-order valence-corrected chi connectivity index (χ1v) is 13.7. The molecule has 0 bridgehead atoms. The topological polar surface area (TPSA) is 18.1 Å². The third-order valence-corrected chi connectivity index (χ3v) is 8.34. The summed E-state index contributed by atoms with van der Waals surface area (Å²) in [6.45, 7) is 0. The lowest BCUT2D eigenvalue weighted by Gasteiger charge is -2.12. The lowest BCUT2D eigenvalue weighted by atomic mass is 9.99. The molecule has 9 aromatic rings. The third-order valence-electron chi connectivity index (χ3n) is 8.34. The fourth-order valence-corrected chi connectivity index (χ4v) is 6.58. The molecule has 0 aliphatic rings. The van der Waals surface area contributed by atoms with Crippen LogP contribution in [0.4, 0.5) is 0 Å². The van der Waals surface area contributed by atoms with Crippen LogP contribution >= 0.6 is 0 Å². The Labute approximate surface area is 230 Å². The van der Waals surface area contributed by atoms with Gasteiger partial charge in [0.25, 0.3) is 0 Å². The van der Waals surface area contributed by atoms with Gasteiger partial charge in [-0.05, 0) is 75.1 Å². The van der Waals surface area contributed by atoms with Gasteiger partial charge in [0.15, 0.2) is 0 Å². The van der Waals surface area contributed by atoms with Crippen molar-refractivity contribution >= 4 is 65.3 Å². The number of rotatable bonds is 2. The zero-order valence-corrected chi connectivity index (χ0v) is 21.6. The second-order valence-corrected chi connectivity index (χ2v) is 10.6. The van der Waals surface area contributed by atoms with Crippen molar-refractivity contribution in [1.29, 1.82) is 0 Å². The van der Waals surface area contributed by atoms with Crippen molar-refractivity contribution in [2.75, 3.05) is 0 Å². The Morgan fingerprint density at radius 3 is 2.05 bits per heavy atom. The van der Waals surface area contributed by atoms with Crippen LogP contribution in [0.1, 0.15) is 0 Å². The van der Waals surface area contributed by atoms with Gasteiger partial charge in [-0.1, -0.05) is 97.1 Å². The van der Waals surface area contributed by atoms with Gasteiger partial charge in [-0.2, -0.15) is 0 Å². The molecule has 2 aromatic heterocycles. The number of benzene rings is 7. The first kappa shape index (κ1) is 21.6. The lowest BCUT2D eigenvalue weighted by Crippen LogP contribution is -1.94. The van der Waals surface area contributed by atoms with Crippen LogP contribution in [0, 0.1) is 0 Å². The van der Waals surface area contributed by atoms with Gasteiger partial charge in [-0.25, -0.2) is 0 Å². The lowest BCUT2D eigenvalue weighted by molar-refractivity contribution is 0.669. The molecule has 2 heteroatoms. The molecule has 0 fully saturated rings. The van der Waals surface area contributed by atoms with Gasteiger partial charge < -0.3 is 8.98 Å². The number of nitrogens with zero attached hydrogens (tertiary/aromatic N) is 1. The number of hydrogen-bond acceptors (Lipinski definition) is 1. The molecule has 7 aromatic carbocycles. The molecule has 0 spiro atoms. The van der Waals surface area contributed by atoms with Crippen LogP contribution < -0.4 is 0 Å². The largest absolute Gasteiger partial charge is 0.456 e. The average Bonchev–Trinajstić information content (AvgIpc) is 3.55. The fraction of sp³-hybridized carbons (Fsp3) is 0. The molecule has 0 saturated heterocycles. The van der Waals surface area contributed by atoms with Crippen LogP contribution in [0.15, 0.2) is 144 Å². The quantitative estimate of drug-likeness (QED) is 0.227. The highest BCUT2D eigenvalue weighted by Crippen LogP contribution is 2.41. The highest BCUT2D eigenvalue weighted by molar-refractivity contribution is 6.23. The summed E-state index contributed by atoms with van der Waals surface area (Å²) in [5, 5.41) is 9.93. The minimum Gasteiger partial charge on any atom is -0.456 e. The van der Waals surface area contributed by atoms with Crippen LogP contribution in [-0.2, 0) is 0 Å². The maximum absolute atomic E-state index is 6.21. The van der Waals surface area contributed by atoms with Gasteiger partial charge in [0.1, 0.15) is 11.2 Å². The van der Waals surface area contributed by atoms with E-state index in [9.17, 15) is 0 Å². The first-order valence-electron chi connectivity index (χ1n) is 13.7. The van der Waals surface area contributed by atoms with E-state index in [0.717, 1.165) is 27.6 Å². The predicted molar refractivity (Wildman–Crippen MR) is 169 cm³/mol. The van der Waals surface area contributed by atoms with Crippen LogP contribution in [0.2, 0.25) is 0 Å². The molecule has 0 radical (unpaired) electrons. The Kier molecular flexibility index (Phi) is 4.36. The molecule has 0 aliphatic carbocycles. The summed E-state index contributed by atoms with van der Waals surface area (Å²) in [6, 6.07) is 50.2. The first-order chi connectivity index (χ1) is 19.8. The molecule has 0 N–H and O–H groups in total. The summed E-state index contributed by atoms with van der Waals surface area (Å²) in [5.74, 6) is 0. The molecule has 9 rings (SSSR count). The van der Waals surface area contributed by atoms with Crippen molar-refractivity contribution < 1.29 is 4.42 Å². The Morgan fingerprint density at radius 2 is 1.15 bits per heavy atom. The summed E-state index contributed by atoms with van der Waals surface area (Å²) in [4.78, 5) is 0. The molecule has 0 amide bonds. The summed E-state index contributed by atoms with van der Waals surface area (Å²) >= 11 is 0. The summed E-state index contributed by atoms with van der Waals surface area (Å²) < 4.78 is 8.64. The van der Waals surface area contributed by atoms with E-state index in [2.05, 4.69) is 132 Å². The Hall–Kier alpha value is -5.34. The van der Waals surface area contributed by atoms with E-state index in [1.807, 2.05) is 12.1 Å². The fourth-order valence-electron chi connectivity index (χ4n) is 6.58.